The fourth-order valence-electron chi connectivity index (χ4n) is 11.2. The van der Waals surface area contributed by atoms with E-state index >= 15 is 0 Å². The maximum absolute atomic E-state index is 13.1. The second-order valence-electron chi connectivity index (χ2n) is 28.1. The largest absolute Gasteiger partial charge is 0.472 e. The number of carbonyl (C=O) groups excluding carboxylic acids is 4. The van der Waals surface area contributed by atoms with E-state index in [2.05, 4.69) is 48.5 Å². The molecule has 5 atom stereocenters. The van der Waals surface area contributed by atoms with Crippen LogP contribution in [0.25, 0.3) is 0 Å². The summed E-state index contributed by atoms with van der Waals surface area (Å²) in [5.41, 5.74) is 0. The van der Waals surface area contributed by atoms with Crippen molar-refractivity contribution >= 4 is 39.5 Å². The van der Waals surface area contributed by atoms with Crippen LogP contribution in [0.5, 0.6) is 0 Å². The van der Waals surface area contributed by atoms with Crippen LogP contribution in [0.2, 0.25) is 0 Å². The zero-order valence-corrected chi connectivity index (χ0v) is 62.5. The summed E-state index contributed by atoms with van der Waals surface area (Å²) in [5, 5.41) is 10.6. The van der Waals surface area contributed by atoms with Gasteiger partial charge in [-0.3, -0.25) is 37.3 Å². The summed E-state index contributed by atoms with van der Waals surface area (Å²) in [6.07, 6.45) is 50.4. The molecule has 93 heavy (non-hydrogen) atoms. The lowest BCUT2D eigenvalue weighted by Crippen LogP contribution is -2.30. The molecule has 0 fully saturated rings. The molecular weight excluding hydrogens is 1220 g/mol. The van der Waals surface area contributed by atoms with Crippen LogP contribution in [0.4, 0.5) is 0 Å². The van der Waals surface area contributed by atoms with Gasteiger partial charge in [0.1, 0.15) is 19.3 Å². The van der Waals surface area contributed by atoms with Crippen molar-refractivity contribution in [1.82, 2.24) is 0 Å². The van der Waals surface area contributed by atoms with Gasteiger partial charge in [0.2, 0.25) is 0 Å². The Morgan fingerprint density at radius 3 is 0.731 bits per heavy atom. The highest BCUT2D eigenvalue weighted by molar-refractivity contribution is 7.47. The van der Waals surface area contributed by atoms with Crippen molar-refractivity contribution in [2.45, 2.75) is 394 Å². The molecule has 0 saturated heterocycles. The summed E-state index contributed by atoms with van der Waals surface area (Å²) in [6.45, 7) is 11.7. The second kappa shape index (κ2) is 64.7. The van der Waals surface area contributed by atoms with Gasteiger partial charge in [-0.2, -0.15) is 0 Å². The Morgan fingerprint density at radius 2 is 0.495 bits per heavy atom. The van der Waals surface area contributed by atoms with E-state index in [0.717, 1.165) is 102 Å². The van der Waals surface area contributed by atoms with Crippen LogP contribution in [0, 0.1) is 17.8 Å². The third kappa shape index (κ3) is 68.4. The van der Waals surface area contributed by atoms with Crippen LogP contribution in [0.15, 0.2) is 0 Å². The number of hydrogen-bond acceptors (Lipinski definition) is 15. The van der Waals surface area contributed by atoms with Gasteiger partial charge in [-0.15, -0.1) is 0 Å². The standard InChI is InChI=1S/C74H144O17P2/c1-8-9-10-11-12-13-14-15-16-20-23-26-29-32-41-48-55-71(76)84-61-69(90-73(78)57-50-43-33-30-27-24-21-18-17-19-22-25-28-31-38-45-52-65(2)3)63-88-92(80,81)86-59-68(75)60-87-93(82,83)89-64-70(91-74(79)58-51-44-37-35-40-47-54-67(6)7)62-85-72(77)56-49-42-36-34-39-46-53-66(4)5/h65-70,75H,8-64H2,1-7H3,(H,80,81)(H,82,83)/t68-,69-,70-/m1/s1. The predicted octanol–water partition coefficient (Wildman–Crippen LogP) is 21.4. The van der Waals surface area contributed by atoms with Gasteiger partial charge >= 0.3 is 39.5 Å². The van der Waals surface area contributed by atoms with Crippen molar-refractivity contribution in [2.75, 3.05) is 39.6 Å². The normalized spacial score (nSPS) is 14.1. The van der Waals surface area contributed by atoms with Crippen LogP contribution < -0.4 is 0 Å². The number of phosphoric acid groups is 2. The molecule has 0 saturated carbocycles. The summed E-state index contributed by atoms with van der Waals surface area (Å²) in [5.74, 6) is 0.0309. The van der Waals surface area contributed by atoms with Crippen molar-refractivity contribution in [3.05, 3.63) is 0 Å². The SMILES string of the molecule is CCCCCCCCCCCCCCCCCCC(=O)OC[C@H](COP(=O)(O)OC[C@@H](O)COP(=O)(O)OC[C@@H](COC(=O)CCCCCCCCC(C)C)OC(=O)CCCCCCCCC(C)C)OC(=O)CCCCCCCCCCCCCCCCCCC(C)C. The summed E-state index contributed by atoms with van der Waals surface area (Å²) >= 11 is 0. The molecule has 0 aliphatic heterocycles. The van der Waals surface area contributed by atoms with E-state index in [1.54, 1.807) is 0 Å². The molecule has 0 aromatic heterocycles. The summed E-state index contributed by atoms with van der Waals surface area (Å²) in [7, 11) is -9.90. The number of carbonyl (C=O) groups is 4. The number of unbranched alkanes of at least 4 members (excludes halogenated alkanes) is 40. The van der Waals surface area contributed by atoms with Gasteiger partial charge in [-0.25, -0.2) is 9.13 Å². The van der Waals surface area contributed by atoms with E-state index in [4.69, 9.17) is 37.0 Å². The molecule has 3 N–H and O–H groups in total. The lowest BCUT2D eigenvalue weighted by Gasteiger charge is -2.21. The average molecular weight is 1370 g/mol. The molecular formula is C74H144O17P2. The van der Waals surface area contributed by atoms with Crippen LogP contribution in [0.3, 0.4) is 0 Å². The maximum Gasteiger partial charge on any atom is 0.472 e. The molecule has 0 aromatic rings. The molecule has 0 aliphatic carbocycles. The molecule has 17 nitrogen and oxygen atoms in total. The van der Waals surface area contributed by atoms with Gasteiger partial charge in [0.25, 0.3) is 0 Å². The Bertz CT molecular complexity index is 1820. The quantitative estimate of drug-likeness (QED) is 0.0222. The molecule has 0 radical (unpaired) electrons. The smallest absolute Gasteiger partial charge is 0.462 e. The molecule has 0 heterocycles. The van der Waals surface area contributed by atoms with Crippen molar-refractivity contribution in [2.24, 2.45) is 17.8 Å². The Balaban J connectivity index is 5.20. The number of rotatable bonds is 72. The maximum atomic E-state index is 13.1. The number of aliphatic hydroxyl groups is 1. The van der Waals surface area contributed by atoms with Crippen LogP contribution in [0.1, 0.15) is 376 Å². The van der Waals surface area contributed by atoms with Gasteiger partial charge in [0.15, 0.2) is 12.2 Å². The highest BCUT2D eigenvalue weighted by Crippen LogP contribution is 2.45. The minimum Gasteiger partial charge on any atom is -0.462 e. The van der Waals surface area contributed by atoms with Crippen LogP contribution in [-0.4, -0.2) is 96.7 Å². The van der Waals surface area contributed by atoms with Crippen molar-refractivity contribution in [3.8, 4) is 0 Å². The number of hydrogen-bond donors (Lipinski definition) is 3. The summed E-state index contributed by atoms with van der Waals surface area (Å²) in [4.78, 5) is 72.6. The fraction of sp³-hybridized carbons (Fsp3) is 0.946. The first-order valence-corrected chi connectivity index (χ1v) is 41.3. The lowest BCUT2D eigenvalue weighted by molar-refractivity contribution is -0.161. The third-order valence-corrected chi connectivity index (χ3v) is 19.0. The van der Waals surface area contributed by atoms with Crippen LogP contribution in [-0.2, 0) is 65.4 Å². The van der Waals surface area contributed by atoms with E-state index in [0.29, 0.717) is 37.5 Å². The molecule has 19 heteroatoms. The van der Waals surface area contributed by atoms with Crippen molar-refractivity contribution in [3.63, 3.8) is 0 Å². The Hall–Kier alpha value is -1.94. The second-order valence-corrected chi connectivity index (χ2v) is 31.0. The fourth-order valence-corrected chi connectivity index (χ4v) is 12.8. The molecule has 0 aliphatic rings. The molecule has 0 rings (SSSR count). The average Bonchev–Trinajstić information content (AvgIpc) is 1.67. The van der Waals surface area contributed by atoms with E-state index < -0.39 is 97.5 Å². The number of phosphoric ester groups is 2. The zero-order valence-electron chi connectivity index (χ0n) is 60.7. The molecule has 2 unspecified atom stereocenters. The van der Waals surface area contributed by atoms with E-state index in [1.807, 2.05) is 0 Å². The van der Waals surface area contributed by atoms with Gasteiger partial charge in [-0.05, 0) is 43.4 Å². The van der Waals surface area contributed by atoms with Gasteiger partial charge in [0.05, 0.1) is 26.4 Å². The van der Waals surface area contributed by atoms with E-state index in [1.165, 1.54) is 180 Å². The Morgan fingerprint density at radius 1 is 0.290 bits per heavy atom. The number of ether oxygens (including phenoxy) is 4. The number of esters is 4. The number of aliphatic hydroxyl groups excluding tert-OH is 1. The zero-order chi connectivity index (χ0) is 68.7. The minimum absolute atomic E-state index is 0.101. The van der Waals surface area contributed by atoms with Crippen LogP contribution >= 0.6 is 15.6 Å². The van der Waals surface area contributed by atoms with Crippen molar-refractivity contribution < 1.29 is 80.2 Å². The monoisotopic (exact) mass is 1370 g/mol. The Kier molecular flexibility index (Phi) is 63.4. The summed E-state index contributed by atoms with van der Waals surface area (Å²) in [6, 6.07) is 0. The lowest BCUT2D eigenvalue weighted by atomic mass is 10.0. The highest BCUT2D eigenvalue weighted by Gasteiger charge is 2.30. The van der Waals surface area contributed by atoms with Crippen molar-refractivity contribution in [1.29, 1.82) is 0 Å². The molecule has 0 aromatic carbocycles. The third-order valence-electron chi connectivity index (χ3n) is 17.1. The summed E-state index contributed by atoms with van der Waals surface area (Å²) < 4.78 is 68.3. The first-order chi connectivity index (χ1) is 44.7. The van der Waals surface area contributed by atoms with Gasteiger partial charge in [-0.1, -0.05) is 325 Å². The first kappa shape index (κ1) is 91.1. The van der Waals surface area contributed by atoms with Gasteiger partial charge < -0.3 is 33.8 Å². The van der Waals surface area contributed by atoms with E-state index in [-0.39, 0.29) is 25.7 Å². The first-order valence-electron chi connectivity index (χ1n) is 38.3. The molecule has 0 amide bonds. The molecule has 0 bridgehead atoms. The minimum atomic E-state index is -4.96. The van der Waals surface area contributed by atoms with E-state index in [9.17, 15) is 43.2 Å². The topological polar surface area (TPSA) is 237 Å². The Labute approximate surface area is 568 Å². The molecule has 552 valence electrons. The predicted molar refractivity (Wildman–Crippen MR) is 377 cm³/mol. The highest BCUT2D eigenvalue weighted by atomic mass is 31.2. The molecule has 0 spiro atoms. The van der Waals surface area contributed by atoms with Gasteiger partial charge in [0, 0.05) is 25.7 Å².